The molecule has 0 bridgehead atoms. The molecule has 4 heteroatoms. The van der Waals surface area contributed by atoms with E-state index in [-0.39, 0.29) is 5.97 Å². The predicted octanol–water partition coefficient (Wildman–Crippen LogP) is 1.80. The molecule has 0 amide bonds. The van der Waals surface area contributed by atoms with Gasteiger partial charge in [0.25, 0.3) is 0 Å². The summed E-state index contributed by atoms with van der Waals surface area (Å²) in [5.74, 6) is -0.251. The number of esters is 1. The van der Waals surface area contributed by atoms with Gasteiger partial charge in [0.15, 0.2) is 0 Å². The Morgan fingerprint density at radius 2 is 1.78 bits per heavy atom. The van der Waals surface area contributed by atoms with E-state index in [2.05, 4.69) is 16.1 Å². The molecule has 3 rings (SSSR count). The van der Waals surface area contributed by atoms with Gasteiger partial charge < -0.3 is 4.74 Å². The second-order valence-electron chi connectivity index (χ2n) is 4.96. The van der Waals surface area contributed by atoms with Gasteiger partial charge in [-0.05, 0) is 36.1 Å². The van der Waals surface area contributed by atoms with Crippen molar-refractivity contribution in [3.8, 4) is 0 Å². The molecule has 96 valence electrons. The SMILES string of the molecule is COC(=O)c1ccc2c(c1)CN1CCCCN1C2. The number of fused-ring (bicyclic) bond motifs is 2. The molecular formula is C14H18N2O2. The molecule has 0 unspecified atom stereocenters. The number of nitrogens with zero attached hydrogens (tertiary/aromatic N) is 2. The number of hydrogen-bond donors (Lipinski definition) is 0. The van der Waals surface area contributed by atoms with E-state index in [0.29, 0.717) is 5.56 Å². The summed E-state index contributed by atoms with van der Waals surface area (Å²) in [7, 11) is 1.42. The quantitative estimate of drug-likeness (QED) is 0.707. The van der Waals surface area contributed by atoms with Gasteiger partial charge in [-0.3, -0.25) is 0 Å². The molecule has 1 aromatic carbocycles. The van der Waals surface area contributed by atoms with E-state index in [1.165, 1.54) is 31.1 Å². The minimum atomic E-state index is -0.251. The summed E-state index contributed by atoms with van der Waals surface area (Å²) in [5.41, 5.74) is 3.25. The molecule has 1 aromatic rings. The van der Waals surface area contributed by atoms with Crippen LogP contribution in [0.25, 0.3) is 0 Å². The summed E-state index contributed by atoms with van der Waals surface area (Å²) in [5, 5.41) is 4.82. The highest BCUT2D eigenvalue weighted by atomic mass is 16.5. The lowest BCUT2D eigenvalue weighted by Gasteiger charge is -2.42. The van der Waals surface area contributed by atoms with Crippen molar-refractivity contribution < 1.29 is 9.53 Å². The van der Waals surface area contributed by atoms with Crippen LogP contribution in [0.1, 0.15) is 34.3 Å². The Morgan fingerprint density at radius 1 is 1.11 bits per heavy atom. The van der Waals surface area contributed by atoms with Crippen molar-refractivity contribution in [1.29, 1.82) is 0 Å². The van der Waals surface area contributed by atoms with Crippen LogP contribution in [-0.2, 0) is 17.8 Å². The molecule has 2 aliphatic heterocycles. The smallest absolute Gasteiger partial charge is 0.337 e. The largest absolute Gasteiger partial charge is 0.465 e. The summed E-state index contributed by atoms with van der Waals surface area (Å²) in [6.45, 7) is 4.16. The molecule has 0 N–H and O–H groups in total. The van der Waals surface area contributed by atoms with Gasteiger partial charge in [0, 0.05) is 26.2 Å². The molecule has 0 radical (unpaired) electrons. The molecule has 4 nitrogen and oxygen atoms in total. The highest BCUT2D eigenvalue weighted by molar-refractivity contribution is 5.89. The van der Waals surface area contributed by atoms with Crippen LogP contribution >= 0.6 is 0 Å². The maximum absolute atomic E-state index is 11.5. The molecule has 0 aromatic heterocycles. The molecule has 0 atom stereocenters. The third kappa shape index (κ3) is 2.02. The van der Waals surface area contributed by atoms with Crippen LogP contribution in [-0.4, -0.2) is 36.2 Å². The van der Waals surface area contributed by atoms with Gasteiger partial charge in [-0.1, -0.05) is 6.07 Å². The molecule has 2 aliphatic rings. The minimum absolute atomic E-state index is 0.251. The van der Waals surface area contributed by atoms with Crippen molar-refractivity contribution >= 4 is 5.97 Å². The lowest BCUT2D eigenvalue weighted by Crippen LogP contribution is -2.48. The van der Waals surface area contributed by atoms with Gasteiger partial charge in [0.1, 0.15) is 0 Å². The number of methoxy groups -OCH3 is 1. The van der Waals surface area contributed by atoms with E-state index in [0.717, 1.165) is 26.2 Å². The fraction of sp³-hybridized carbons (Fsp3) is 0.500. The van der Waals surface area contributed by atoms with Crippen molar-refractivity contribution in [3.63, 3.8) is 0 Å². The van der Waals surface area contributed by atoms with Crippen molar-refractivity contribution in [2.24, 2.45) is 0 Å². The Labute approximate surface area is 107 Å². The normalized spacial score (nSPS) is 20.1. The van der Waals surface area contributed by atoms with Crippen LogP contribution in [0.5, 0.6) is 0 Å². The summed E-state index contributed by atoms with van der Waals surface area (Å²) >= 11 is 0. The van der Waals surface area contributed by atoms with Crippen molar-refractivity contribution in [1.82, 2.24) is 10.0 Å². The topological polar surface area (TPSA) is 32.8 Å². The van der Waals surface area contributed by atoms with Gasteiger partial charge in [0.05, 0.1) is 12.7 Å². The average Bonchev–Trinajstić information content (AvgIpc) is 2.43. The van der Waals surface area contributed by atoms with Crippen molar-refractivity contribution in [2.45, 2.75) is 25.9 Å². The highest BCUT2D eigenvalue weighted by Gasteiger charge is 2.26. The number of hydrogen-bond acceptors (Lipinski definition) is 4. The first-order valence-corrected chi connectivity index (χ1v) is 6.48. The minimum Gasteiger partial charge on any atom is -0.465 e. The second kappa shape index (κ2) is 4.71. The fourth-order valence-electron chi connectivity index (χ4n) is 2.80. The van der Waals surface area contributed by atoms with Gasteiger partial charge >= 0.3 is 5.97 Å². The van der Waals surface area contributed by atoms with E-state index in [1.54, 1.807) is 0 Å². The first-order valence-electron chi connectivity index (χ1n) is 6.48. The summed E-state index contributed by atoms with van der Waals surface area (Å²) in [6, 6.07) is 5.91. The number of carbonyl (C=O) groups is 1. The molecule has 0 aliphatic carbocycles. The Bertz CT molecular complexity index is 473. The van der Waals surface area contributed by atoms with Gasteiger partial charge in [-0.2, -0.15) is 0 Å². The summed E-state index contributed by atoms with van der Waals surface area (Å²) in [6.07, 6.45) is 2.55. The number of hydrazine groups is 1. The van der Waals surface area contributed by atoms with Gasteiger partial charge in [-0.15, -0.1) is 0 Å². The van der Waals surface area contributed by atoms with Crippen LogP contribution < -0.4 is 0 Å². The maximum Gasteiger partial charge on any atom is 0.337 e. The lowest BCUT2D eigenvalue weighted by atomic mass is 10.0. The van der Waals surface area contributed by atoms with E-state index < -0.39 is 0 Å². The van der Waals surface area contributed by atoms with Crippen LogP contribution in [0.15, 0.2) is 18.2 Å². The molecule has 18 heavy (non-hydrogen) atoms. The number of rotatable bonds is 1. The van der Waals surface area contributed by atoms with Crippen molar-refractivity contribution in [3.05, 3.63) is 34.9 Å². The molecule has 0 saturated carbocycles. The molecule has 1 saturated heterocycles. The monoisotopic (exact) mass is 246 g/mol. The Hall–Kier alpha value is -1.39. The van der Waals surface area contributed by atoms with Crippen LogP contribution in [0.3, 0.4) is 0 Å². The fourth-order valence-corrected chi connectivity index (χ4v) is 2.80. The van der Waals surface area contributed by atoms with Crippen LogP contribution in [0.2, 0.25) is 0 Å². The van der Waals surface area contributed by atoms with Gasteiger partial charge in [0.2, 0.25) is 0 Å². The lowest BCUT2D eigenvalue weighted by molar-refractivity contribution is -0.0752. The third-order valence-corrected chi connectivity index (χ3v) is 3.82. The summed E-state index contributed by atoms with van der Waals surface area (Å²) in [4.78, 5) is 11.5. The van der Waals surface area contributed by atoms with Crippen LogP contribution in [0.4, 0.5) is 0 Å². The molecule has 2 heterocycles. The maximum atomic E-state index is 11.5. The second-order valence-corrected chi connectivity index (χ2v) is 4.96. The van der Waals surface area contributed by atoms with E-state index in [4.69, 9.17) is 4.74 Å². The van der Waals surface area contributed by atoms with E-state index >= 15 is 0 Å². The predicted molar refractivity (Wildman–Crippen MR) is 67.8 cm³/mol. The average molecular weight is 246 g/mol. The highest BCUT2D eigenvalue weighted by Crippen LogP contribution is 2.26. The van der Waals surface area contributed by atoms with E-state index in [9.17, 15) is 4.79 Å². The van der Waals surface area contributed by atoms with Crippen molar-refractivity contribution in [2.75, 3.05) is 20.2 Å². The Kier molecular flexibility index (Phi) is 3.06. The first kappa shape index (κ1) is 11.7. The Balaban J connectivity index is 1.88. The van der Waals surface area contributed by atoms with E-state index in [1.807, 2.05) is 12.1 Å². The Morgan fingerprint density at radius 3 is 2.44 bits per heavy atom. The molecular weight excluding hydrogens is 228 g/mol. The standard InChI is InChI=1S/C14H18N2O2/c1-18-14(17)11-4-5-12-9-15-6-2-3-7-16(15)10-13(12)8-11/h4-5,8H,2-3,6-7,9-10H2,1H3. The molecule has 1 fully saturated rings. The third-order valence-electron chi connectivity index (χ3n) is 3.82. The zero-order valence-corrected chi connectivity index (χ0v) is 10.7. The van der Waals surface area contributed by atoms with Crippen LogP contribution in [0, 0.1) is 0 Å². The summed E-state index contributed by atoms with van der Waals surface area (Å²) < 4.78 is 4.77. The number of ether oxygens (including phenoxy) is 1. The number of carbonyl (C=O) groups excluding carboxylic acids is 1. The molecule has 0 spiro atoms. The van der Waals surface area contributed by atoms with Gasteiger partial charge in [-0.25, -0.2) is 14.8 Å². The zero-order valence-electron chi connectivity index (χ0n) is 10.7. The first-order chi connectivity index (χ1) is 8.78. The zero-order chi connectivity index (χ0) is 12.5. The number of benzene rings is 1.